The van der Waals surface area contributed by atoms with Crippen LogP contribution in [0.15, 0.2) is 24.8 Å². The van der Waals surface area contributed by atoms with E-state index in [9.17, 15) is 0 Å². The van der Waals surface area contributed by atoms with Gasteiger partial charge in [0.25, 0.3) is 0 Å². The molecular weight excluding hydrogens is 160 g/mol. The van der Waals surface area contributed by atoms with Gasteiger partial charge in [0, 0.05) is 0 Å². The first-order valence-corrected chi connectivity index (χ1v) is 4.53. The van der Waals surface area contributed by atoms with E-state index in [1.807, 2.05) is 38.1 Å². The van der Waals surface area contributed by atoms with Crippen molar-refractivity contribution in [1.29, 1.82) is 0 Å². The molecule has 0 aromatic heterocycles. The smallest absolute Gasteiger partial charge is 0.119 e. The number of rotatable bonds is 3. The molecule has 1 aromatic carbocycles. The Morgan fingerprint density at radius 1 is 1.38 bits per heavy atom. The Morgan fingerprint density at radius 3 is 2.54 bits per heavy atom. The fourth-order valence-electron chi connectivity index (χ4n) is 1.22. The molecule has 1 aromatic rings. The molecule has 0 amide bonds. The highest BCUT2D eigenvalue weighted by atomic mass is 16.5. The normalized spacial score (nSPS) is 10.2. The zero-order valence-electron chi connectivity index (χ0n) is 8.50. The maximum Gasteiger partial charge on any atom is 0.119 e. The molecule has 0 spiro atoms. The summed E-state index contributed by atoms with van der Waals surface area (Å²) in [5.41, 5.74) is 2.37. The van der Waals surface area contributed by atoms with Crippen LogP contribution in [0.3, 0.4) is 0 Å². The Kier molecular flexibility index (Phi) is 3.13. The Morgan fingerprint density at radius 2 is 2.08 bits per heavy atom. The topological polar surface area (TPSA) is 9.23 Å². The van der Waals surface area contributed by atoms with E-state index in [1.54, 1.807) is 0 Å². The quantitative estimate of drug-likeness (QED) is 0.685. The minimum atomic E-state index is 0.231. The van der Waals surface area contributed by atoms with Crippen molar-refractivity contribution in [3.63, 3.8) is 0 Å². The van der Waals surface area contributed by atoms with Crippen molar-refractivity contribution in [2.45, 2.75) is 26.9 Å². The Balaban J connectivity index is 2.89. The number of benzene rings is 1. The van der Waals surface area contributed by atoms with E-state index in [1.165, 1.54) is 5.56 Å². The summed E-state index contributed by atoms with van der Waals surface area (Å²) in [6.07, 6.45) is 2.09. The monoisotopic (exact) mass is 176 g/mol. The predicted octanol–water partition coefficient (Wildman–Crippen LogP) is 3.43. The molecule has 0 unspecified atom stereocenters. The third-order valence-electron chi connectivity index (χ3n) is 1.83. The van der Waals surface area contributed by atoms with Crippen LogP contribution < -0.4 is 4.74 Å². The van der Waals surface area contributed by atoms with Crippen molar-refractivity contribution >= 4 is 6.08 Å². The van der Waals surface area contributed by atoms with Crippen LogP contribution in [0, 0.1) is 6.92 Å². The third-order valence-corrected chi connectivity index (χ3v) is 1.83. The van der Waals surface area contributed by atoms with Gasteiger partial charge in [-0.15, -0.1) is 0 Å². The van der Waals surface area contributed by atoms with Crippen LogP contribution >= 0.6 is 0 Å². The summed E-state index contributed by atoms with van der Waals surface area (Å²) in [6, 6.07) is 6.04. The fourth-order valence-corrected chi connectivity index (χ4v) is 1.22. The van der Waals surface area contributed by atoms with Crippen molar-refractivity contribution in [1.82, 2.24) is 0 Å². The van der Waals surface area contributed by atoms with Gasteiger partial charge in [-0.25, -0.2) is 0 Å². The van der Waals surface area contributed by atoms with Crippen LogP contribution in [0.5, 0.6) is 5.75 Å². The van der Waals surface area contributed by atoms with Gasteiger partial charge in [0.15, 0.2) is 0 Å². The van der Waals surface area contributed by atoms with Crippen LogP contribution in [0.4, 0.5) is 0 Å². The maximum absolute atomic E-state index is 5.56. The van der Waals surface area contributed by atoms with Crippen LogP contribution in [0.1, 0.15) is 25.0 Å². The first-order chi connectivity index (χ1) is 6.13. The zero-order chi connectivity index (χ0) is 9.84. The Hall–Kier alpha value is -1.24. The first kappa shape index (κ1) is 9.85. The van der Waals surface area contributed by atoms with Crippen molar-refractivity contribution in [2.75, 3.05) is 0 Å². The molecule has 0 aliphatic heterocycles. The molecule has 0 saturated carbocycles. The summed E-state index contributed by atoms with van der Waals surface area (Å²) in [6.45, 7) is 9.85. The standard InChI is InChI=1S/C12H16O/c1-5-11-6-7-12(8-10(11)4)13-9(2)3/h5-9H,1H2,2-4H3. The number of aryl methyl sites for hydroxylation is 1. The average Bonchev–Trinajstić information content (AvgIpc) is 2.03. The molecule has 0 atom stereocenters. The molecule has 0 saturated heterocycles. The van der Waals surface area contributed by atoms with Crippen LogP contribution in [0.25, 0.3) is 6.08 Å². The van der Waals surface area contributed by atoms with E-state index in [4.69, 9.17) is 4.74 Å². The summed E-state index contributed by atoms with van der Waals surface area (Å²) < 4.78 is 5.56. The molecule has 0 aliphatic carbocycles. The van der Waals surface area contributed by atoms with Crippen LogP contribution in [-0.4, -0.2) is 6.10 Å². The van der Waals surface area contributed by atoms with Crippen molar-refractivity contribution in [3.05, 3.63) is 35.9 Å². The minimum Gasteiger partial charge on any atom is -0.491 e. The van der Waals surface area contributed by atoms with Gasteiger partial charge >= 0.3 is 0 Å². The number of hydrogen-bond acceptors (Lipinski definition) is 1. The van der Waals surface area contributed by atoms with E-state index < -0.39 is 0 Å². The number of hydrogen-bond donors (Lipinski definition) is 0. The summed E-state index contributed by atoms with van der Waals surface area (Å²) in [5.74, 6) is 0.929. The third kappa shape index (κ3) is 2.62. The van der Waals surface area contributed by atoms with Gasteiger partial charge in [0.05, 0.1) is 6.10 Å². The maximum atomic E-state index is 5.56. The zero-order valence-corrected chi connectivity index (χ0v) is 8.50. The van der Waals surface area contributed by atoms with Gasteiger partial charge in [-0.3, -0.25) is 0 Å². The van der Waals surface area contributed by atoms with E-state index in [2.05, 4.69) is 13.5 Å². The minimum absolute atomic E-state index is 0.231. The molecule has 13 heavy (non-hydrogen) atoms. The van der Waals surface area contributed by atoms with Gasteiger partial charge < -0.3 is 4.74 Å². The highest BCUT2D eigenvalue weighted by Crippen LogP contribution is 2.18. The van der Waals surface area contributed by atoms with E-state index in [-0.39, 0.29) is 6.10 Å². The van der Waals surface area contributed by atoms with Crippen molar-refractivity contribution in [2.24, 2.45) is 0 Å². The van der Waals surface area contributed by atoms with Crippen LogP contribution in [-0.2, 0) is 0 Å². The van der Waals surface area contributed by atoms with E-state index in [0.29, 0.717) is 0 Å². The van der Waals surface area contributed by atoms with Gasteiger partial charge in [0.1, 0.15) is 5.75 Å². The second-order valence-electron chi connectivity index (χ2n) is 3.39. The molecular formula is C12H16O. The lowest BCUT2D eigenvalue weighted by molar-refractivity contribution is 0.242. The van der Waals surface area contributed by atoms with Gasteiger partial charge in [-0.2, -0.15) is 0 Å². The lowest BCUT2D eigenvalue weighted by atomic mass is 10.1. The summed E-state index contributed by atoms with van der Waals surface area (Å²) in [4.78, 5) is 0. The van der Waals surface area contributed by atoms with Gasteiger partial charge in [0.2, 0.25) is 0 Å². The van der Waals surface area contributed by atoms with E-state index in [0.717, 1.165) is 11.3 Å². The predicted molar refractivity (Wildman–Crippen MR) is 57.0 cm³/mol. The molecule has 0 aliphatic rings. The Labute approximate surface area is 80.0 Å². The molecule has 1 rings (SSSR count). The molecule has 1 heteroatoms. The SMILES string of the molecule is C=Cc1ccc(OC(C)C)cc1C. The summed E-state index contributed by atoms with van der Waals surface area (Å²) in [5, 5.41) is 0. The molecule has 0 N–H and O–H groups in total. The van der Waals surface area contributed by atoms with Gasteiger partial charge in [-0.05, 0) is 44.0 Å². The lowest BCUT2D eigenvalue weighted by Crippen LogP contribution is -2.05. The molecule has 0 heterocycles. The molecule has 70 valence electrons. The summed E-state index contributed by atoms with van der Waals surface area (Å²) in [7, 11) is 0. The van der Waals surface area contributed by atoms with Gasteiger partial charge in [-0.1, -0.05) is 18.7 Å². The second-order valence-corrected chi connectivity index (χ2v) is 3.39. The van der Waals surface area contributed by atoms with Crippen molar-refractivity contribution in [3.8, 4) is 5.75 Å². The Bertz CT molecular complexity index is 300. The highest BCUT2D eigenvalue weighted by molar-refractivity contribution is 5.53. The highest BCUT2D eigenvalue weighted by Gasteiger charge is 1.99. The first-order valence-electron chi connectivity index (χ1n) is 4.53. The van der Waals surface area contributed by atoms with E-state index >= 15 is 0 Å². The second kappa shape index (κ2) is 4.13. The molecule has 0 bridgehead atoms. The molecule has 1 nitrogen and oxygen atoms in total. The molecule has 0 radical (unpaired) electrons. The fraction of sp³-hybridized carbons (Fsp3) is 0.333. The van der Waals surface area contributed by atoms with Crippen LogP contribution in [0.2, 0.25) is 0 Å². The summed E-state index contributed by atoms with van der Waals surface area (Å²) >= 11 is 0. The number of ether oxygens (including phenoxy) is 1. The largest absolute Gasteiger partial charge is 0.491 e. The average molecular weight is 176 g/mol. The van der Waals surface area contributed by atoms with Crippen molar-refractivity contribution < 1.29 is 4.74 Å². The molecule has 0 fully saturated rings. The lowest BCUT2D eigenvalue weighted by Gasteiger charge is -2.10.